The minimum atomic E-state index is 0. The summed E-state index contributed by atoms with van der Waals surface area (Å²) in [5.41, 5.74) is 1.98. The van der Waals surface area contributed by atoms with Crippen LogP contribution in [-0.2, 0) is 16.0 Å². The molecule has 172 valence electrons. The molecule has 1 aliphatic heterocycles. The normalized spacial score (nSPS) is 14.3. The summed E-state index contributed by atoms with van der Waals surface area (Å²) in [5, 5.41) is 0.784. The Bertz CT molecular complexity index is 1020. The first-order valence-electron chi connectivity index (χ1n) is 10.3. The second-order valence-corrected chi connectivity index (χ2v) is 10.1. The monoisotopic (exact) mass is 509 g/mol. The number of thiazole rings is 1. The van der Waals surface area contributed by atoms with Crippen molar-refractivity contribution in [2.45, 2.75) is 16.2 Å². The second kappa shape index (κ2) is 12.3. The Morgan fingerprint density at radius 1 is 1.09 bits per heavy atom. The minimum absolute atomic E-state index is 0. The maximum absolute atomic E-state index is 13.4. The summed E-state index contributed by atoms with van der Waals surface area (Å²) in [7, 11) is 0. The number of ether oxygens (including phenoxy) is 1. The molecule has 0 bridgehead atoms. The number of aromatic nitrogens is 1. The maximum atomic E-state index is 13.4. The van der Waals surface area contributed by atoms with Crippen LogP contribution in [0, 0.1) is 0 Å². The van der Waals surface area contributed by atoms with E-state index in [9.17, 15) is 4.79 Å². The first-order chi connectivity index (χ1) is 15.2. The Morgan fingerprint density at radius 3 is 2.47 bits per heavy atom. The molecule has 9 heteroatoms. The molecular weight excluding hydrogens is 482 g/mol. The largest absolute Gasteiger partial charge is 0.379 e. The Morgan fingerprint density at radius 2 is 1.78 bits per heavy atom. The van der Waals surface area contributed by atoms with Crippen LogP contribution >= 0.6 is 47.3 Å². The maximum Gasteiger partial charge on any atom is 0.233 e. The topological polar surface area (TPSA) is 45.7 Å². The molecule has 0 spiro atoms. The van der Waals surface area contributed by atoms with Crippen LogP contribution in [0.3, 0.4) is 0 Å². The highest BCUT2D eigenvalue weighted by Crippen LogP contribution is 2.32. The van der Waals surface area contributed by atoms with Crippen molar-refractivity contribution in [3.05, 3.63) is 48.0 Å². The zero-order chi connectivity index (χ0) is 21.6. The Labute approximate surface area is 208 Å². The molecule has 5 nitrogen and oxygen atoms in total. The number of morpholine rings is 1. The molecule has 32 heavy (non-hydrogen) atoms. The van der Waals surface area contributed by atoms with Crippen molar-refractivity contribution in [2.24, 2.45) is 0 Å². The zero-order valence-electron chi connectivity index (χ0n) is 18.3. The van der Waals surface area contributed by atoms with E-state index in [4.69, 9.17) is 9.72 Å². The molecule has 1 saturated heterocycles. The molecule has 0 atom stereocenters. The number of thioether (sulfide) groups is 2. The Hall–Kier alpha value is -1.29. The second-order valence-electron chi connectivity index (χ2n) is 7.35. The van der Waals surface area contributed by atoms with Crippen molar-refractivity contribution >= 4 is 68.5 Å². The predicted octanol–water partition coefficient (Wildman–Crippen LogP) is 5.07. The molecular formula is C23H28ClN3O2S3. The zero-order valence-corrected chi connectivity index (χ0v) is 21.5. The number of anilines is 1. The van der Waals surface area contributed by atoms with Crippen molar-refractivity contribution < 1.29 is 9.53 Å². The number of carbonyl (C=O) groups excluding carboxylic acids is 1. The van der Waals surface area contributed by atoms with Gasteiger partial charge in [-0.2, -0.15) is 0 Å². The van der Waals surface area contributed by atoms with Gasteiger partial charge >= 0.3 is 0 Å². The van der Waals surface area contributed by atoms with Gasteiger partial charge in [-0.1, -0.05) is 23.5 Å². The number of hydrogen-bond donors (Lipinski definition) is 0. The van der Waals surface area contributed by atoms with Gasteiger partial charge in [0.15, 0.2) is 5.13 Å². The molecule has 1 fully saturated rings. The lowest BCUT2D eigenvalue weighted by atomic mass is 10.1. The lowest BCUT2D eigenvalue weighted by molar-refractivity contribution is -0.118. The van der Waals surface area contributed by atoms with E-state index in [1.807, 2.05) is 23.1 Å². The lowest BCUT2D eigenvalue weighted by Crippen LogP contribution is -2.43. The van der Waals surface area contributed by atoms with Crippen LogP contribution in [0.15, 0.2) is 52.3 Å². The first-order valence-corrected chi connectivity index (χ1v) is 13.6. The summed E-state index contributed by atoms with van der Waals surface area (Å²) in [5.74, 6) is 0.0920. The third kappa shape index (κ3) is 6.40. The van der Waals surface area contributed by atoms with Crippen LogP contribution in [0.5, 0.6) is 0 Å². The predicted molar refractivity (Wildman–Crippen MR) is 140 cm³/mol. The third-order valence-electron chi connectivity index (χ3n) is 5.37. The molecule has 0 unspecified atom stereocenters. The summed E-state index contributed by atoms with van der Waals surface area (Å²) < 4.78 is 6.58. The highest BCUT2D eigenvalue weighted by atomic mass is 35.5. The molecule has 0 saturated carbocycles. The average molecular weight is 510 g/mol. The standard InChI is InChI=1S/C23H27N3O2S3.ClH/c1-29-18-5-3-17(4-6-18)15-22(27)26(10-9-25-11-13-28-14-12-25)23-24-20-8-7-19(30-2)16-21(20)31-23;/h3-8,16H,9-15H2,1-2H3;1H. The number of benzene rings is 2. The van der Waals surface area contributed by atoms with Gasteiger partial charge in [0, 0.05) is 36.0 Å². The fourth-order valence-electron chi connectivity index (χ4n) is 3.54. The number of fused-ring (bicyclic) bond motifs is 1. The van der Waals surface area contributed by atoms with Crippen LogP contribution < -0.4 is 4.90 Å². The van der Waals surface area contributed by atoms with E-state index >= 15 is 0 Å². The van der Waals surface area contributed by atoms with Crippen LogP contribution in [0.1, 0.15) is 5.56 Å². The highest BCUT2D eigenvalue weighted by Gasteiger charge is 2.22. The van der Waals surface area contributed by atoms with E-state index in [0.29, 0.717) is 13.0 Å². The van der Waals surface area contributed by atoms with Gasteiger partial charge in [-0.3, -0.25) is 14.6 Å². The molecule has 1 amide bonds. The average Bonchev–Trinajstić information content (AvgIpc) is 3.23. The smallest absolute Gasteiger partial charge is 0.233 e. The molecule has 0 aliphatic carbocycles. The molecule has 3 aromatic rings. The van der Waals surface area contributed by atoms with E-state index in [0.717, 1.165) is 53.8 Å². The van der Waals surface area contributed by atoms with Gasteiger partial charge in [0.1, 0.15) is 0 Å². The highest BCUT2D eigenvalue weighted by molar-refractivity contribution is 7.98. The molecule has 2 heterocycles. The summed E-state index contributed by atoms with van der Waals surface area (Å²) in [6.45, 7) is 4.80. The van der Waals surface area contributed by atoms with E-state index in [1.54, 1.807) is 34.9 Å². The molecule has 2 aromatic carbocycles. The number of carbonyl (C=O) groups is 1. The van der Waals surface area contributed by atoms with Crippen LogP contribution in [-0.4, -0.2) is 67.7 Å². The van der Waals surface area contributed by atoms with Gasteiger partial charge in [0.2, 0.25) is 5.91 Å². The number of rotatable bonds is 8. The quantitative estimate of drug-likeness (QED) is 0.395. The van der Waals surface area contributed by atoms with Gasteiger partial charge in [-0.05, 0) is 48.4 Å². The summed E-state index contributed by atoms with van der Waals surface area (Å²) in [6.07, 6.45) is 4.51. The van der Waals surface area contributed by atoms with Crippen LogP contribution in [0.4, 0.5) is 5.13 Å². The number of amides is 1. The van der Waals surface area contributed by atoms with Gasteiger partial charge < -0.3 is 4.74 Å². The molecule has 0 N–H and O–H groups in total. The van der Waals surface area contributed by atoms with E-state index in [-0.39, 0.29) is 18.3 Å². The van der Waals surface area contributed by atoms with Crippen LogP contribution in [0.25, 0.3) is 10.2 Å². The Kier molecular flexibility index (Phi) is 9.70. The van der Waals surface area contributed by atoms with E-state index in [2.05, 4.69) is 41.7 Å². The number of hydrogen-bond acceptors (Lipinski definition) is 7. The van der Waals surface area contributed by atoms with E-state index in [1.165, 1.54) is 9.79 Å². The minimum Gasteiger partial charge on any atom is -0.379 e. The van der Waals surface area contributed by atoms with Crippen molar-refractivity contribution in [3.63, 3.8) is 0 Å². The van der Waals surface area contributed by atoms with Gasteiger partial charge in [-0.15, -0.1) is 35.9 Å². The SMILES string of the molecule is CSc1ccc(CC(=O)N(CCN2CCOCC2)c2nc3ccc(SC)cc3s2)cc1.Cl. The van der Waals surface area contributed by atoms with Gasteiger partial charge in [-0.25, -0.2) is 4.98 Å². The van der Waals surface area contributed by atoms with Crippen molar-refractivity contribution in [1.29, 1.82) is 0 Å². The lowest BCUT2D eigenvalue weighted by Gasteiger charge is -2.29. The first kappa shape index (κ1) is 25.3. The molecule has 1 aromatic heterocycles. The van der Waals surface area contributed by atoms with Crippen molar-refractivity contribution in [3.8, 4) is 0 Å². The summed E-state index contributed by atoms with van der Waals surface area (Å²) in [6, 6.07) is 14.5. The van der Waals surface area contributed by atoms with Crippen LogP contribution in [0.2, 0.25) is 0 Å². The fraction of sp³-hybridized carbons (Fsp3) is 0.391. The van der Waals surface area contributed by atoms with Gasteiger partial charge in [0.25, 0.3) is 0 Å². The molecule has 4 rings (SSSR count). The summed E-state index contributed by atoms with van der Waals surface area (Å²) in [4.78, 5) is 24.8. The van der Waals surface area contributed by atoms with E-state index < -0.39 is 0 Å². The summed E-state index contributed by atoms with van der Waals surface area (Å²) >= 11 is 5.03. The van der Waals surface area contributed by atoms with Gasteiger partial charge in [0.05, 0.1) is 29.9 Å². The Balaban J connectivity index is 0.00000289. The third-order valence-corrected chi connectivity index (χ3v) is 7.88. The molecule has 1 aliphatic rings. The van der Waals surface area contributed by atoms with Crippen molar-refractivity contribution in [2.75, 3.05) is 56.8 Å². The molecule has 0 radical (unpaired) electrons. The fourth-order valence-corrected chi connectivity index (χ4v) is 5.51. The number of halogens is 1. The van der Waals surface area contributed by atoms with Crippen molar-refractivity contribution in [1.82, 2.24) is 9.88 Å². The number of nitrogens with zero attached hydrogens (tertiary/aromatic N) is 3.